The van der Waals surface area contributed by atoms with Gasteiger partial charge in [-0.25, -0.2) is 0 Å². The van der Waals surface area contributed by atoms with Crippen LogP contribution in [0.3, 0.4) is 0 Å². The van der Waals surface area contributed by atoms with Crippen molar-refractivity contribution in [1.29, 1.82) is 0 Å². The zero-order chi connectivity index (χ0) is 18.7. The molecule has 3 nitrogen and oxygen atoms in total. The maximum absolute atomic E-state index is 10.7. The van der Waals surface area contributed by atoms with Gasteiger partial charge in [0.25, 0.3) is 0 Å². The standard InChI is InChI=1S/C22H30N2O/c1-21(2,3)17-13-16(20(25)19(14-17)22(4,5)6)15-23-12-10-18-9-7-8-11-24-18/h7-9,11,13-15,25H,10,12H2,1-6H3/b23-15+. The second kappa shape index (κ2) is 7.38. The van der Waals surface area contributed by atoms with Crippen LogP contribution in [-0.2, 0) is 17.3 Å². The molecule has 2 aromatic rings. The molecule has 1 N–H and O–H groups in total. The Kier molecular flexibility index (Phi) is 5.66. The van der Waals surface area contributed by atoms with Gasteiger partial charge >= 0.3 is 0 Å². The first kappa shape index (κ1) is 19.2. The number of aromatic nitrogens is 1. The van der Waals surface area contributed by atoms with Crippen molar-refractivity contribution in [2.24, 2.45) is 4.99 Å². The Morgan fingerprint density at radius 3 is 2.32 bits per heavy atom. The van der Waals surface area contributed by atoms with Gasteiger partial charge in [-0.15, -0.1) is 0 Å². The highest BCUT2D eigenvalue weighted by Gasteiger charge is 2.24. The minimum Gasteiger partial charge on any atom is -0.507 e. The summed E-state index contributed by atoms with van der Waals surface area (Å²) in [7, 11) is 0. The number of benzene rings is 1. The Labute approximate surface area is 151 Å². The van der Waals surface area contributed by atoms with Gasteiger partial charge in [0.2, 0.25) is 0 Å². The topological polar surface area (TPSA) is 45.5 Å². The smallest absolute Gasteiger partial charge is 0.128 e. The number of phenolic OH excluding ortho intramolecular Hbond substituents is 1. The molecule has 2 rings (SSSR count). The molecular formula is C22H30N2O. The molecular weight excluding hydrogens is 308 g/mol. The van der Waals surface area contributed by atoms with Crippen molar-refractivity contribution in [3.8, 4) is 5.75 Å². The van der Waals surface area contributed by atoms with Crippen LogP contribution < -0.4 is 0 Å². The van der Waals surface area contributed by atoms with E-state index in [0.29, 0.717) is 12.3 Å². The van der Waals surface area contributed by atoms with E-state index in [1.54, 1.807) is 12.4 Å². The first-order valence-electron chi connectivity index (χ1n) is 8.87. The third-order valence-corrected chi connectivity index (χ3v) is 4.27. The van der Waals surface area contributed by atoms with Crippen LogP contribution in [0.5, 0.6) is 5.75 Å². The molecule has 0 aliphatic rings. The normalized spacial score (nSPS) is 12.7. The fourth-order valence-electron chi connectivity index (χ4n) is 2.65. The molecule has 0 atom stereocenters. The number of phenols is 1. The number of hydrogen-bond donors (Lipinski definition) is 1. The molecule has 0 aliphatic heterocycles. The van der Waals surface area contributed by atoms with Crippen LogP contribution in [0, 0.1) is 0 Å². The molecule has 0 unspecified atom stereocenters. The number of aliphatic imine (C=N–C) groups is 1. The number of nitrogens with zero attached hydrogens (tertiary/aromatic N) is 2. The van der Waals surface area contributed by atoms with E-state index >= 15 is 0 Å². The summed E-state index contributed by atoms with van der Waals surface area (Å²) in [5.41, 5.74) is 3.89. The average molecular weight is 338 g/mol. The lowest BCUT2D eigenvalue weighted by atomic mass is 9.79. The van der Waals surface area contributed by atoms with Gasteiger partial charge in [-0.1, -0.05) is 53.7 Å². The SMILES string of the molecule is CC(C)(C)c1cc(/C=N/CCc2ccccn2)c(O)c(C(C)(C)C)c1. The molecule has 0 amide bonds. The molecule has 1 aromatic heterocycles. The minimum atomic E-state index is -0.123. The summed E-state index contributed by atoms with van der Waals surface area (Å²) in [6.07, 6.45) is 4.39. The molecule has 25 heavy (non-hydrogen) atoms. The van der Waals surface area contributed by atoms with Crippen molar-refractivity contribution < 1.29 is 5.11 Å². The summed E-state index contributed by atoms with van der Waals surface area (Å²) in [5, 5.41) is 10.7. The van der Waals surface area contributed by atoms with Crippen LogP contribution in [-0.4, -0.2) is 22.8 Å². The third kappa shape index (κ3) is 5.15. The summed E-state index contributed by atoms with van der Waals surface area (Å²) >= 11 is 0. The van der Waals surface area contributed by atoms with E-state index in [0.717, 1.165) is 23.2 Å². The summed E-state index contributed by atoms with van der Waals surface area (Å²) in [5.74, 6) is 0.335. The fraction of sp³-hybridized carbons (Fsp3) is 0.455. The average Bonchev–Trinajstić information content (AvgIpc) is 2.51. The van der Waals surface area contributed by atoms with E-state index in [9.17, 15) is 5.11 Å². The molecule has 134 valence electrons. The molecule has 0 bridgehead atoms. The highest BCUT2D eigenvalue weighted by atomic mass is 16.3. The highest BCUT2D eigenvalue weighted by molar-refractivity contribution is 5.85. The maximum atomic E-state index is 10.7. The molecule has 1 aromatic carbocycles. The first-order chi connectivity index (χ1) is 11.6. The number of pyridine rings is 1. The van der Waals surface area contributed by atoms with Crippen LogP contribution in [0.4, 0.5) is 0 Å². The number of aromatic hydroxyl groups is 1. The van der Waals surface area contributed by atoms with Gasteiger partial charge in [-0.2, -0.15) is 0 Å². The van der Waals surface area contributed by atoms with E-state index in [2.05, 4.69) is 63.7 Å². The third-order valence-electron chi connectivity index (χ3n) is 4.27. The molecule has 0 radical (unpaired) electrons. The zero-order valence-corrected chi connectivity index (χ0v) is 16.3. The second-order valence-corrected chi connectivity index (χ2v) is 8.57. The van der Waals surface area contributed by atoms with Gasteiger partial charge < -0.3 is 5.11 Å². The van der Waals surface area contributed by atoms with Crippen molar-refractivity contribution in [3.05, 3.63) is 58.9 Å². The lowest BCUT2D eigenvalue weighted by Gasteiger charge is -2.27. The van der Waals surface area contributed by atoms with Gasteiger partial charge in [0.05, 0.1) is 0 Å². The van der Waals surface area contributed by atoms with E-state index in [-0.39, 0.29) is 10.8 Å². The Hall–Kier alpha value is -2.16. The lowest BCUT2D eigenvalue weighted by molar-refractivity contribution is 0.444. The molecule has 0 saturated carbocycles. The van der Waals surface area contributed by atoms with Crippen LogP contribution >= 0.6 is 0 Å². The molecule has 0 aliphatic carbocycles. The molecule has 3 heteroatoms. The summed E-state index contributed by atoms with van der Waals surface area (Å²) in [4.78, 5) is 8.83. The van der Waals surface area contributed by atoms with Gasteiger partial charge in [-0.3, -0.25) is 9.98 Å². The quantitative estimate of drug-likeness (QED) is 0.793. The van der Waals surface area contributed by atoms with Crippen molar-refractivity contribution in [2.45, 2.75) is 58.8 Å². The fourth-order valence-corrected chi connectivity index (χ4v) is 2.65. The van der Waals surface area contributed by atoms with E-state index in [4.69, 9.17) is 0 Å². The molecule has 0 saturated heterocycles. The monoisotopic (exact) mass is 338 g/mol. The van der Waals surface area contributed by atoms with Gasteiger partial charge in [0.15, 0.2) is 0 Å². The first-order valence-corrected chi connectivity index (χ1v) is 8.87. The number of hydrogen-bond acceptors (Lipinski definition) is 3. The lowest BCUT2D eigenvalue weighted by Crippen LogP contribution is -2.17. The predicted octanol–water partition coefficient (Wildman–Crippen LogP) is 5.04. The summed E-state index contributed by atoms with van der Waals surface area (Å²) in [6, 6.07) is 10.1. The Bertz CT molecular complexity index is 735. The Morgan fingerprint density at radius 1 is 1.04 bits per heavy atom. The molecule has 1 heterocycles. The van der Waals surface area contributed by atoms with Gasteiger partial charge in [-0.05, 0) is 34.6 Å². The zero-order valence-electron chi connectivity index (χ0n) is 16.3. The second-order valence-electron chi connectivity index (χ2n) is 8.57. The van der Waals surface area contributed by atoms with E-state index in [1.807, 2.05) is 18.2 Å². The van der Waals surface area contributed by atoms with E-state index < -0.39 is 0 Å². The van der Waals surface area contributed by atoms with Crippen molar-refractivity contribution in [1.82, 2.24) is 4.98 Å². The van der Waals surface area contributed by atoms with Crippen molar-refractivity contribution in [2.75, 3.05) is 6.54 Å². The highest BCUT2D eigenvalue weighted by Crippen LogP contribution is 2.37. The molecule has 0 fully saturated rings. The minimum absolute atomic E-state index is 0.0181. The predicted molar refractivity (Wildman–Crippen MR) is 106 cm³/mol. The molecule has 0 spiro atoms. The summed E-state index contributed by atoms with van der Waals surface area (Å²) < 4.78 is 0. The largest absolute Gasteiger partial charge is 0.507 e. The Balaban J connectivity index is 2.28. The van der Waals surface area contributed by atoms with Crippen molar-refractivity contribution in [3.63, 3.8) is 0 Å². The van der Waals surface area contributed by atoms with Gasteiger partial charge in [0.1, 0.15) is 5.75 Å². The van der Waals surface area contributed by atoms with E-state index in [1.165, 1.54) is 5.56 Å². The summed E-state index contributed by atoms with van der Waals surface area (Å²) in [6.45, 7) is 13.6. The maximum Gasteiger partial charge on any atom is 0.128 e. The van der Waals surface area contributed by atoms with Crippen LogP contribution in [0.15, 0.2) is 41.5 Å². The van der Waals surface area contributed by atoms with Crippen LogP contribution in [0.1, 0.15) is 63.9 Å². The van der Waals surface area contributed by atoms with Crippen molar-refractivity contribution >= 4 is 6.21 Å². The Morgan fingerprint density at radius 2 is 1.76 bits per heavy atom. The van der Waals surface area contributed by atoms with Crippen LogP contribution in [0.2, 0.25) is 0 Å². The van der Waals surface area contributed by atoms with Gasteiger partial charge in [0, 0.05) is 42.2 Å². The number of rotatable bonds is 4. The van der Waals surface area contributed by atoms with Crippen LogP contribution in [0.25, 0.3) is 0 Å².